The number of rotatable bonds is 8. The summed E-state index contributed by atoms with van der Waals surface area (Å²) in [4.78, 5) is 40.5. The van der Waals surface area contributed by atoms with Gasteiger partial charge in [0, 0.05) is 47.6 Å². The van der Waals surface area contributed by atoms with Gasteiger partial charge in [-0.3, -0.25) is 4.79 Å². The maximum atomic E-state index is 12.9. The van der Waals surface area contributed by atoms with E-state index in [1.165, 1.54) is 13.0 Å². The Hall–Kier alpha value is -4.66. The molecule has 0 bridgehead atoms. The molecule has 9 heteroatoms. The van der Waals surface area contributed by atoms with E-state index in [0.29, 0.717) is 29.1 Å². The standard InChI is InChI=1S/C26H23N3O6/c1-3-33-20-9-6-18(7-10-20)29-25-22(5-4-12-27-25)26(32)34-15-17-13-24(31)35-23-14-19(28-16(2)30)8-11-21(17)23/h4-14H,3,15H2,1-2H3,(H,27,29)(H,28,30). The number of benzene rings is 2. The molecule has 0 saturated heterocycles. The van der Waals surface area contributed by atoms with Crippen molar-refractivity contribution in [1.82, 2.24) is 4.98 Å². The molecule has 2 N–H and O–H groups in total. The minimum absolute atomic E-state index is 0.155. The van der Waals surface area contributed by atoms with Crippen molar-refractivity contribution in [2.45, 2.75) is 20.5 Å². The first-order valence-corrected chi connectivity index (χ1v) is 10.9. The normalized spacial score (nSPS) is 10.6. The third-order valence-corrected chi connectivity index (χ3v) is 4.97. The third kappa shape index (κ3) is 5.83. The van der Waals surface area contributed by atoms with Crippen molar-refractivity contribution in [2.24, 2.45) is 0 Å². The van der Waals surface area contributed by atoms with Crippen molar-refractivity contribution in [2.75, 3.05) is 17.2 Å². The van der Waals surface area contributed by atoms with Crippen molar-refractivity contribution in [3.8, 4) is 5.75 Å². The molecule has 2 aromatic heterocycles. The number of anilines is 3. The summed E-state index contributed by atoms with van der Waals surface area (Å²) in [7, 11) is 0. The first kappa shape index (κ1) is 23.5. The van der Waals surface area contributed by atoms with Gasteiger partial charge in [0.1, 0.15) is 29.3 Å². The number of fused-ring (bicyclic) bond motifs is 1. The molecule has 0 atom stereocenters. The lowest BCUT2D eigenvalue weighted by Crippen LogP contribution is -2.11. The molecule has 35 heavy (non-hydrogen) atoms. The second kappa shape index (κ2) is 10.5. The van der Waals surface area contributed by atoms with Crippen LogP contribution < -0.4 is 21.0 Å². The monoisotopic (exact) mass is 473 g/mol. The maximum Gasteiger partial charge on any atom is 0.342 e. The van der Waals surface area contributed by atoms with Crippen molar-refractivity contribution in [1.29, 1.82) is 0 Å². The van der Waals surface area contributed by atoms with Crippen LogP contribution in [0.5, 0.6) is 5.75 Å². The highest BCUT2D eigenvalue weighted by molar-refractivity contribution is 5.96. The number of ether oxygens (including phenoxy) is 2. The van der Waals surface area contributed by atoms with Crippen molar-refractivity contribution >= 4 is 40.0 Å². The Balaban J connectivity index is 1.52. The molecule has 0 fully saturated rings. The van der Waals surface area contributed by atoms with Gasteiger partial charge in [0.25, 0.3) is 0 Å². The lowest BCUT2D eigenvalue weighted by atomic mass is 10.1. The SMILES string of the molecule is CCOc1ccc(Nc2ncccc2C(=O)OCc2cc(=O)oc3cc(NC(C)=O)ccc23)cc1. The highest BCUT2D eigenvalue weighted by Gasteiger charge is 2.16. The molecule has 2 aromatic carbocycles. The van der Waals surface area contributed by atoms with Gasteiger partial charge in [-0.2, -0.15) is 0 Å². The number of nitrogens with zero attached hydrogens (tertiary/aromatic N) is 1. The lowest BCUT2D eigenvalue weighted by Gasteiger charge is -2.12. The van der Waals surface area contributed by atoms with Gasteiger partial charge in [-0.1, -0.05) is 0 Å². The van der Waals surface area contributed by atoms with Gasteiger partial charge in [-0.25, -0.2) is 14.6 Å². The fourth-order valence-corrected chi connectivity index (χ4v) is 3.46. The summed E-state index contributed by atoms with van der Waals surface area (Å²) in [6.45, 7) is 3.70. The number of carbonyl (C=O) groups excluding carboxylic acids is 2. The van der Waals surface area contributed by atoms with E-state index in [0.717, 1.165) is 11.4 Å². The first-order chi connectivity index (χ1) is 16.9. The Morgan fingerprint density at radius 1 is 1.03 bits per heavy atom. The van der Waals surface area contributed by atoms with Crippen LogP contribution in [0.4, 0.5) is 17.2 Å². The first-order valence-electron chi connectivity index (χ1n) is 10.9. The number of carbonyl (C=O) groups is 2. The molecular weight excluding hydrogens is 450 g/mol. The number of aromatic nitrogens is 1. The van der Waals surface area contributed by atoms with Gasteiger partial charge in [-0.15, -0.1) is 0 Å². The molecule has 0 spiro atoms. The van der Waals surface area contributed by atoms with Crippen LogP contribution in [0.2, 0.25) is 0 Å². The van der Waals surface area contributed by atoms with E-state index in [4.69, 9.17) is 13.9 Å². The molecule has 4 rings (SSSR count). The van der Waals surface area contributed by atoms with E-state index in [1.54, 1.807) is 36.5 Å². The molecule has 1 amide bonds. The van der Waals surface area contributed by atoms with E-state index in [9.17, 15) is 14.4 Å². The Kier molecular flexibility index (Phi) is 7.06. The molecule has 9 nitrogen and oxygen atoms in total. The van der Waals surface area contributed by atoms with Crippen LogP contribution >= 0.6 is 0 Å². The molecule has 0 aliphatic rings. The van der Waals surface area contributed by atoms with Gasteiger partial charge in [0.05, 0.1) is 6.61 Å². The summed E-state index contributed by atoms with van der Waals surface area (Å²) in [6, 6.07) is 16.7. The zero-order chi connectivity index (χ0) is 24.8. The Labute approximate surface area is 200 Å². The Bertz CT molecular complexity index is 1430. The van der Waals surface area contributed by atoms with E-state index in [-0.39, 0.29) is 23.7 Å². The van der Waals surface area contributed by atoms with Crippen LogP contribution in [0.25, 0.3) is 11.0 Å². The van der Waals surface area contributed by atoms with Crippen molar-refractivity contribution < 1.29 is 23.5 Å². The summed E-state index contributed by atoms with van der Waals surface area (Å²) in [6.07, 6.45) is 1.57. The number of hydrogen-bond acceptors (Lipinski definition) is 8. The zero-order valence-corrected chi connectivity index (χ0v) is 19.2. The Morgan fingerprint density at radius 3 is 2.54 bits per heavy atom. The van der Waals surface area contributed by atoms with Gasteiger partial charge in [-0.05, 0) is 55.5 Å². The van der Waals surface area contributed by atoms with Gasteiger partial charge < -0.3 is 24.5 Å². The maximum absolute atomic E-state index is 12.9. The second-order valence-corrected chi connectivity index (χ2v) is 7.54. The fourth-order valence-electron chi connectivity index (χ4n) is 3.46. The molecule has 4 aromatic rings. The average molecular weight is 473 g/mol. The lowest BCUT2D eigenvalue weighted by molar-refractivity contribution is -0.114. The van der Waals surface area contributed by atoms with Crippen LogP contribution in [0.3, 0.4) is 0 Å². The Morgan fingerprint density at radius 2 is 1.80 bits per heavy atom. The molecule has 2 heterocycles. The van der Waals surface area contributed by atoms with E-state index < -0.39 is 11.6 Å². The van der Waals surface area contributed by atoms with E-state index >= 15 is 0 Å². The summed E-state index contributed by atoms with van der Waals surface area (Å²) in [5.41, 5.74) is 1.60. The van der Waals surface area contributed by atoms with E-state index in [1.807, 2.05) is 31.2 Å². The highest BCUT2D eigenvalue weighted by atomic mass is 16.5. The molecular formula is C26H23N3O6. The van der Waals surface area contributed by atoms with Gasteiger partial charge in [0.15, 0.2) is 0 Å². The quantitative estimate of drug-likeness (QED) is 0.280. The number of esters is 1. The minimum atomic E-state index is -0.609. The van der Waals surface area contributed by atoms with Crippen LogP contribution in [0, 0.1) is 0 Å². The third-order valence-electron chi connectivity index (χ3n) is 4.97. The summed E-state index contributed by atoms with van der Waals surface area (Å²) in [5.74, 6) is 0.215. The van der Waals surface area contributed by atoms with Crippen LogP contribution in [0.15, 0.2) is 76.1 Å². The van der Waals surface area contributed by atoms with Crippen LogP contribution in [-0.2, 0) is 16.1 Å². The molecule has 0 saturated carbocycles. The van der Waals surface area contributed by atoms with E-state index in [2.05, 4.69) is 15.6 Å². The predicted molar refractivity (Wildman–Crippen MR) is 131 cm³/mol. The van der Waals surface area contributed by atoms with Crippen LogP contribution in [0.1, 0.15) is 29.8 Å². The molecule has 0 aliphatic heterocycles. The number of hydrogen-bond donors (Lipinski definition) is 2. The molecule has 0 unspecified atom stereocenters. The smallest absolute Gasteiger partial charge is 0.342 e. The predicted octanol–water partition coefficient (Wildman–Crippen LogP) is 4.65. The number of nitrogens with one attached hydrogen (secondary N) is 2. The average Bonchev–Trinajstić information content (AvgIpc) is 2.83. The largest absolute Gasteiger partial charge is 0.494 e. The van der Waals surface area contributed by atoms with Crippen molar-refractivity contribution in [3.05, 3.63) is 88.4 Å². The fraction of sp³-hybridized carbons (Fsp3) is 0.154. The topological polar surface area (TPSA) is 120 Å². The van der Waals surface area contributed by atoms with Crippen LogP contribution in [-0.4, -0.2) is 23.5 Å². The van der Waals surface area contributed by atoms with Crippen molar-refractivity contribution in [3.63, 3.8) is 0 Å². The zero-order valence-electron chi connectivity index (χ0n) is 19.2. The summed E-state index contributed by atoms with van der Waals surface area (Å²) < 4.78 is 16.2. The summed E-state index contributed by atoms with van der Waals surface area (Å²) in [5, 5.41) is 6.34. The van der Waals surface area contributed by atoms with Gasteiger partial charge >= 0.3 is 11.6 Å². The summed E-state index contributed by atoms with van der Waals surface area (Å²) >= 11 is 0. The highest BCUT2D eigenvalue weighted by Crippen LogP contribution is 2.24. The number of pyridine rings is 1. The second-order valence-electron chi connectivity index (χ2n) is 7.54. The molecule has 0 aliphatic carbocycles. The molecule has 178 valence electrons. The minimum Gasteiger partial charge on any atom is -0.494 e. The number of amides is 1. The molecule has 0 radical (unpaired) electrons. The van der Waals surface area contributed by atoms with Gasteiger partial charge in [0.2, 0.25) is 5.91 Å².